The van der Waals surface area contributed by atoms with Crippen molar-refractivity contribution >= 4 is 55.3 Å². The van der Waals surface area contributed by atoms with Gasteiger partial charge in [-0.3, -0.25) is 0 Å². The second-order valence-electron chi connectivity index (χ2n) is 5.90. The van der Waals surface area contributed by atoms with E-state index in [1.54, 1.807) is 47.5 Å². The van der Waals surface area contributed by atoms with Crippen LogP contribution in [0.25, 0.3) is 20.7 Å². The van der Waals surface area contributed by atoms with Crippen molar-refractivity contribution in [3.05, 3.63) is 34.0 Å². The molecule has 8 nitrogen and oxygen atoms in total. The fraction of sp³-hybridized carbons (Fsp3) is 0.333. The molecule has 0 aliphatic rings. The van der Waals surface area contributed by atoms with Crippen molar-refractivity contribution in [2.45, 2.75) is 20.3 Å². The molecule has 0 saturated heterocycles. The van der Waals surface area contributed by atoms with Gasteiger partial charge in [0, 0.05) is 14.1 Å². The lowest BCUT2D eigenvalue weighted by atomic mass is 10.4. The Hall–Kier alpha value is -2.72. The van der Waals surface area contributed by atoms with Crippen LogP contribution in [0.15, 0.2) is 17.6 Å². The van der Waals surface area contributed by atoms with Crippen molar-refractivity contribution in [1.29, 1.82) is 0 Å². The van der Waals surface area contributed by atoms with Crippen LogP contribution in [0.5, 0.6) is 0 Å². The molecular weight excluding hydrogens is 400 g/mol. The molecular formula is C18H20N4O4S2. The Balaban J connectivity index is 0.000000161. The number of aromatic carboxylic acids is 1. The van der Waals surface area contributed by atoms with E-state index in [0.717, 1.165) is 32.1 Å². The normalized spacial score (nSPS) is 10.9. The van der Waals surface area contributed by atoms with Gasteiger partial charge < -0.3 is 19.0 Å². The Bertz CT molecular complexity index is 1150. The number of thiazole rings is 2. The minimum atomic E-state index is -0.907. The molecule has 1 N–H and O–H groups in total. The molecule has 148 valence electrons. The SMILES string of the molecule is CCOC(=O)c1cc2ncsc2n1C.CCc1nc2cc(C(=O)O)n(C)c2s1. The first-order valence-corrected chi connectivity index (χ1v) is 10.3. The van der Waals surface area contributed by atoms with Crippen LogP contribution in [0.4, 0.5) is 0 Å². The van der Waals surface area contributed by atoms with Gasteiger partial charge in [-0.05, 0) is 25.5 Å². The van der Waals surface area contributed by atoms with Gasteiger partial charge in [0.05, 0.1) is 17.1 Å². The van der Waals surface area contributed by atoms with Crippen molar-refractivity contribution in [1.82, 2.24) is 19.1 Å². The number of hydrogen-bond acceptors (Lipinski definition) is 7. The van der Waals surface area contributed by atoms with Crippen LogP contribution < -0.4 is 0 Å². The molecule has 0 amide bonds. The van der Waals surface area contributed by atoms with Gasteiger partial charge in [-0.15, -0.1) is 22.7 Å². The maximum Gasteiger partial charge on any atom is 0.355 e. The number of fused-ring (bicyclic) bond motifs is 2. The van der Waals surface area contributed by atoms with E-state index in [1.165, 1.54) is 11.3 Å². The molecule has 0 atom stereocenters. The average molecular weight is 421 g/mol. The smallest absolute Gasteiger partial charge is 0.355 e. The number of carbonyl (C=O) groups is 2. The molecule has 0 aliphatic carbocycles. The zero-order chi connectivity index (χ0) is 20.4. The second-order valence-corrected chi connectivity index (χ2v) is 7.79. The first kappa shape index (κ1) is 20.0. The zero-order valence-corrected chi connectivity index (χ0v) is 17.6. The molecule has 28 heavy (non-hydrogen) atoms. The average Bonchev–Trinajstić information content (AvgIpc) is 3.39. The monoisotopic (exact) mass is 420 g/mol. The number of nitrogens with zero attached hydrogens (tertiary/aromatic N) is 4. The van der Waals surface area contributed by atoms with E-state index in [0.29, 0.717) is 18.0 Å². The number of carbonyl (C=O) groups excluding carboxylic acids is 1. The summed E-state index contributed by atoms with van der Waals surface area (Å²) in [6.07, 6.45) is 0.891. The Kier molecular flexibility index (Phi) is 5.80. The molecule has 4 aromatic heterocycles. The van der Waals surface area contributed by atoms with Crippen molar-refractivity contribution < 1.29 is 19.4 Å². The summed E-state index contributed by atoms with van der Waals surface area (Å²) in [5.74, 6) is -1.20. The first-order valence-electron chi connectivity index (χ1n) is 8.61. The highest BCUT2D eigenvalue weighted by Gasteiger charge is 2.16. The predicted octanol–water partition coefficient (Wildman–Crippen LogP) is 3.71. The number of aromatic nitrogens is 4. The highest BCUT2D eigenvalue weighted by molar-refractivity contribution is 7.18. The van der Waals surface area contributed by atoms with Crippen molar-refractivity contribution in [2.24, 2.45) is 14.1 Å². The van der Waals surface area contributed by atoms with Gasteiger partial charge in [0.25, 0.3) is 0 Å². The molecule has 0 saturated carbocycles. The van der Waals surface area contributed by atoms with E-state index in [9.17, 15) is 9.59 Å². The fourth-order valence-corrected chi connectivity index (χ4v) is 4.44. The van der Waals surface area contributed by atoms with Gasteiger partial charge in [-0.1, -0.05) is 6.92 Å². The predicted molar refractivity (Wildman–Crippen MR) is 109 cm³/mol. The van der Waals surface area contributed by atoms with Crippen molar-refractivity contribution in [3.63, 3.8) is 0 Å². The van der Waals surface area contributed by atoms with E-state index in [4.69, 9.17) is 9.84 Å². The number of hydrogen-bond donors (Lipinski definition) is 1. The Morgan fingerprint density at radius 3 is 2.36 bits per heavy atom. The number of aryl methyl sites for hydroxylation is 3. The molecule has 4 heterocycles. The summed E-state index contributed by atoms with van der Waals surface area (Å²) < 4.78 is 8.41. The van der Waals surface area contributed by atoms with Crippen LogP contribution in [0.1, 0.15) is 39.8 Å². The molecule has 0 unspecified atom stereocenters. The largest absolute Gasteiger partial charge is 0.477 e. The number of rotatable bonds is 4. The van der Waals surface area contributed by atoms with E-state index >= 15 is 0 Å². The maximum atomic E-state index is 11.5. The maximum absolute atomic E-state index is 11.5. The van der Waals surface area contributed by atoms with Gasteiger partial charge in [-0.2, -0.15) is 0 Å². The minimum Gasteiger partial charge on any atom is -0.477 e. The molecule has 4 aromatic rings. The quantitative estimate of drug-likeness (QED) is 0.505. The fourth-order valence-electron chi connectivity index (χ4n) is 2.73. The molecule has 4 rings (SSSR count). The van der Waals surface area contributed by atoms with E-state index in [-0.39, 0.29) is 5.97 Å². The highest BCUT2D eigenvalue weighted by atomic mass is 32.1. The van der Waals surface area contributed by atoms with Gasteiger partial charge in [0.1, 0.15) is 32.1 Å². The van der Waals surface area contributed by atoms with Crippen LogP contribution in [-0.2, 0) is 25.3 Å². The second kappa shape index (κ2) is 8.11. The topological polar surface area (TPSA) is 99.2 Å². The summed E-state index contributed by atoms with van der Waals surface area (Å²) in [7, 11) is 3.59. The summed E-state index contributed by atoms with van der Waals surface area (Å²) in [6, 6.07) is 3.37. The lowest BCUT2D eigenvalue weighted by molar-refractivity contribution is 0.0515. The number of carboxylic acid groups (broad SMARTS) is 1. The first-order chi connectivity index (χ1) is 13.4. The number of carboxylic acids is 1. The van der Waals surface area contributed by atoms with Crippen LogP contribution in [0.2, 0.25) is 0 Å². The lowest BCUT2D eigenvalue weighted by Gasteiger charge is -2.02. The third-order valence-electron chi connectivity index (χ3n) is 4.14. The molecule has 10 heteroatoms. The van der Waals surface area contributed by atoms with Crippen molar-refractivity contribution in [2.75, 3.05) is 6.61 Å². The molecule has 0 spiro atoms. The van der Waals surface area contributed by atoms with Gasteiger partial charge in [0.15, 0.2) is 0 Å². The molecule has 0 fully saturated rings. The number of esters is 1. The third-order valence-corrected chi connectivity index (χ3v) is 6.35. The van der Waals surface area contributed by atoms with Gasteiger partial charge >= 0.3 is 11.9 Å². The molecule has 0 aliphatic heterocycles. The van der Waals surface area contributed by atoms with E-state index in [2.05, 4.69) is 9.97 Å². The van der Waals surface area contributed by atoms with Gasteiger partial charge in [-0.25, -0.2) is 19.6 Å². The van der Waals surface area contributed by atoms with Crippen LogP contribution in [-0.4, -0.2) is 42.8 Å². The zero-order valence-electron chi connectivity index (χ0n) is 15.9. The number of ether oxygens (including phenoxy) is 1. The van der Waals surface area contributed by atoms with Crippen LogP contribution in [0.3, 0.4) is 0 Å². The Morgan fingerprint density at radius 2 is 1.79 bits per heavy atom. The summed E-state index contributed by atoms with van der Waals surface area (Å²) in [5, 5.41) is 9.91. The third kappa shape index (κ3) is 3.65. The van der Waals surface area contributed by atoms with Crippen LogP contribution in [0, 0.1) is 0 Å². The van der Waals surface area contributed by atoms with E-state index in [1.807, 2.05) is 18.5 Å². The summed E-state index contributed by atoms with van der Waals surface area (Å²) >= 11 is 3.06. The van der Waals surface area contributed by atoms with Gasteiger partial charge in [0.2, 0.25) is 0 Å². The minimum absolute atomic E-state index is 0.291. The molecule has 0 bridgehead atoms. The van der Waals surface area contributed by atoms with Crippen LogP contribution >= 0.6 is 22.7 Å². The Morgan fingerprint density at radius 1 is 1.11 bits per heavy atom. The highest BCUT2D eigenvalue weighted by Crippen LogP contribution is 2.25. The van der Waals surface area contributed by atoms with E-state index < -0.39 is 5.97 Å². The molecule has 0 aromatic carbocycles. The summed E-state index contributed by atoms with van der Waals surface area (Å²) in [4.78, 5) is 32.7. The van der Waals surface area contributed by atoms with Crippen molar-refractivity contribution in [3.8, 4) is 0 Å². The summed E-state index contributed by atoms with van der Waals surface area (Å²) in [6.45, 7) is 4.22. The standard InChI is InChI=1S/2C9H10N2O2S/c1-3-13-9(12)7-4-6-8(11(7)2)14-5-10-6;1-3-7-10-5-4-6(9(12)13)11(2)8(5)14-7/h4-5H,3H2,1-2H3;4H,3H2,1-2H3,(H,12,13). The summed E-state index contributed by atoms with van der Waals surface area (Å²) in [5.41, 5.74) is 4.24. The lowest BCUT2D eigenvalue weighted by Crippen LogP contribution is -2.09. The Labute approximate surface area is 169 Å². The molecule has 0 radical (unpaired) electrons.